The number of hydrogen-bond acceptors (Lipinski definition) is 4. The summed E-state index contributed by atoms with van der Waals surface area (Å²) in [7, 11) is 3.41. The van der Waals surface area contributed by atoms with Crippen LogP contribution in [0.4, 0.5) is 5.82 Å². The number of anilines is 1. The lowest BCUT2D eigenvalue weighted by Crippen LogP contribution is -2.33. The molecule has 1 aliphatic heterocycles. The third-order valence-electron chi connectivity index (χ3n) is 4.94. The summed E-state index contributed by atoms with van der Waals surface area (Å²) in [5.41, 5.74) is 0.943. The van der Waals surface area contributed by atoms with Crippen LogP contribution in [-0.2, 0) is 16.6 Å². The van der Waals surface area contributed by atoms with Crippen LogP contribution < -0.4 is 10.1 Å². The molecule has 7 heteroatoms. The molecule has 2 heterocycles. The molecule has 1 N–H and O–H groups in total. The molecule has 7 nitrogen and oxygen atoms in total. The van der Waals surface area contributed by atoms with Crippen LogP contribution >= 0.6 is 0 Å². The molecule has 0 spiro atoms. The minimum absolute atomic E-state index is 0.0189. The van der Waals surface area contributed by atoms with Gasteiger partial charge in [-0.1, -0.05) is 25.5 Å². The Balaban J connectivity index is 1.87. The van der Waals surface area contributed by atoms with Crippen molar-refractivity contribution in [3.8, 4) is 5.75 Å². The molecule has 1 aliphatic rings. The molecule has 0 aliphatic carbocycles. The van der Waals surface area contributed by atoms with E-state index in [1.54, 1.807) is 31.1 Å². The summed E-state index contributed by atoms with van der Waals surface area (Å²) in [5, 5.41) is 7.05. The van der Waals surface area contributed by atoms with Crippen LogP contribution in [0.5, 0.6) is 5.75 Å². The number of ether oxygens (including phenoxy) is 1. The highest BCUT2D eigenvalue weighted by molar-refractivity contribution is 5.97. The third-order valence-corrected chi connectivity index (χ3v) is 4.94. The predicted molar refractivity (Wildman–Crippen MR) is 102 cm³/mol. The van der Waals surface area contributed by atoms with Crippen LogP contribution in [0.1, 0.15) is 37.8 Å². The van der Waals surface area contributed by atoms with E-state index in [1.807, 2.05) is 29.2 Å². The van der Waals surface area contributed by atoms with Crippen molar-refractivity contribution in [2.45, 2.75) is 32.2 Å². The summed E-state index contributed by atoms with van der Waals surface area (Å²) in [5.74, 6) is 0.630. The molecule has 0 saturated carbocycles. The maximum Gasteiger partial charge on any atom is 0.231 e. The Morgan fingerprint density at radius 3 is 2.63 bits per heavy atom. The monoisotopic (exact) mass is 370 g/mol. The Bertz CT molecular complexity index is 800. The molecule has 1 aromatic heterocycles. The first kappa shape index (κ1) is 18.9. The number of amides is 2. The molecule has 2 amide bonds. The number of methoxy groups -OCH3 is 1. The highest BCUT2D eigenvalue weighted by Gasteiger charge is 2.44. The number of carbonyl (C=O) groups excluding carboxylic acids is 2. The maximum absolute atomic E-state index is 12.9. The fraction of sp³-hybridized carbons (Fsp3) is 0.450. The Labute approximate surface area is 159 Å². The number of aromatic nitrogens is 2. The summed E-state index contributed by atoms with van der Waals surface area (Å²) in [6.45, 7) is 2.74. The van der Waals surface area contributed by atoms with Crippen molar-refractivity contribution >= 4 is 17.6 Å². The zero-order valence-electron chi connectivity index (χ0n) is 16.0. The van der Waals surface area contributed by atoms with Gasteiger partial charge in [0.15, 0.2) is 5.82 Å². The van der Waals surface area contributed by atoms with E-state index in [4.69, 9.17) is 4.74 Å². The lowest BCUT2D eigenvalue weighted by atomic mass is 9.92. The number of nitrogens with zero attached hydrogens (tertiary/aromatic N) is 3. The van der Waals surface area contributed by atoms with E-state index in [0.717, 1.165) is 24.2 Å². The number of rotatable bonds is 7. The van der Waals surface area contributed by atoms with Gasteiger partial charge < -0.3 is 15.0 Å². The van der Waals surface area contributed by atoms with Gasteiger partial charge in [0.2, 0.25) is 11.8 Å². The van der Waals surface area contributed by atoms with Crippen molar-refractivity contribution in [1.29, 1.82) is 0 Å². The first-order chi connectivity index (χ1) is 13.0. The largest absolute Gasteiger partial charge is 0.497 e. The minimum atomic E-state index is -0.454. The number of aryl methyl sites for hydroxylation is 1. The molecular formula is C20H26N4O3. The lowest BCUT2D eigenvalue weighted by molar-refractivity contribution is -0.129. The maximum atomic E-state index is 12.9. The standard InChI is InChI=1S/C20H26N4O3/c1-4-5-11-24-18(25)13-16(20(26)21-17-10-12-23(2)22-17)19(24)14-6-8-15(27-3)9-7-14/h6-10,12,16,19H,4-5,11,13H2,1-3H3,(H,21,22,26). The fourth-order valence-corrected chi connectivity index (χ4v) is 3.53. The van der Waals surface area contributed by atoms with E-state index < -0.39 is 5.92 Å². The number of hydrogen-bond donors (Lipinski definition) is 1. The topological polar surface area (TPSA) is 76.5 Å². The van der Waals surface area contributed by atoms with Crippen LogP contribution in [0.3, 0.4) is 0 Å². The summed E-state index contributed by atoms with van der Waals surface area (Å²) in [4.78, 5) is 27.4. The molecular weight excluding hydrogens is 344 g/mol. The zero-order chi connectivity index (χ0) is 19.4. The molecule has 2 aromatic rings. The van der Waals surface area contributed by atoms with Crippen LogP contribution in [0.25, 0.3) is 0 Å². The Kier molecular flexibility index (Phi) is 5.78. The normalized spacial score (nSPS) is 19.4. The van der Waals surface area contributed by atoms with Crippen molar-refractivity contribution in [3.05, 3.63) is 42.1 Å². The average molecular weight is 370 g/mol. The lowest BCUT2D eigenvalue weighted by Gasteiger charge is -2.28. The van der Waals surface area contributed by atoms with E-state index in [1.165, 1.54) is 0 Å². The smallest absolute Gasteiger partial charge is 0.231 e. The molecule has 1 saturated heterocycles. The van der Waals surface area contributed by atoms with Gasteiger partial charge in [0.1, 0.15) is 5.75 Å². The Morgan fingerprint density at radius 2 is 2.04 bits per heavy atom. The molecule has 0 bridgehead atoms. The van der Waals surface area contributed by atoms with E-state index >= 15 is 0 Å². The van der Waals surface area contributed by atoms with Crippen molar-refractivity contribution in [2.24, 2.45) is 13.0 Å². The molecule has 1 aromatic carbocycles. The average Bonchev–Trinajstić information content (AvgIpc) is 3.22. The van der Waals surface area contributed by atoms with Gasteiger partial charge in [0.05, 0.1) is 19.1 Å². The summed E-state index contributed by atoms with van der Waals surface area (Å²) < 4.78 is 6.86. The summed E-state index contributed by atoms with van der Waals surface area (Å²) >= 11 is 0. The van der Waals surface area contributed by atoms with Crippen molar-refractivity contribution in [2.75, 3.05) is 19.0 Å². The number of nitrogens with one attached hydrogen (secondary N) is 1. The number of likely N-dealkylation sites (tertiary alicyclic amines) is 1. The highest BCUT2D eigenvalue weighted by Crippen LogP contribution is 2.39. The van der Waals surface area contributed by atoms with Gasteiger partial charge >= 0.3 is 0 Å². The summed E-state index contributed by atoms with van der Waals surface area (Å²) in [6, 6.07) is 9.06. The fourth-order valence-electron chi connectivity index (χ4n) is 3.53. The Morgan fingerprint density at radius 1 is 1.30 bits per heavy atom. The second-order valence-electron chi connectivity index (χ2n) is 6.83. The van der Waals surface area contributed by atoms with Gasteiger partial charge in [0, 0.05) is 32.3 Å². The van der Waals surface area contributed by atoms with Crippen LogP contribution in [-0.4, -0.2) is 40.1 Å². The molecule has 2 unspecified atom stereocenters. The van der Waals surface area contributed by atoms with Gasteiger partial charge in [-0.3, -0.25) is 14.3 Å². The van der Waals surface area contributed by atoms with Crippen LogP contribution in [0, 0.1) is 5.92 Å². The first-order valence-electron chi connectivity index (χ1n) is 9.27. The Hall–Kier alpha value is -2.83. The predicted octanol–water partition coefficient (Wildman–Crippen LogP) is 2.76. The van der Waals surface area contributed by atoms with Crippen LogP contribution in [0.15, 0.2) is 36.5 Å². The second kappa shape index (κ2) is 8.24. The SMILES string of the molecule is CCCCN1C(=O)CC(C(=O)Nc2ccn(C)n2)C1c1ccc(OC)cc1. The number of carbonyl (C=O) groups is 2. The number of benzene rings is 1. The van der Waals surface area contributed by atoms with Crippen molar-refractivity contribution in [1.82, 2.24) is 14.7 Å². The molecule has 2 atom stereocenters. The van der Waals surface area contributed by atoms with E-state index in [2.05, 4.69) is 17.3 Å². The van der Waals surface area contributed by atoms with E-state index in [0.29, 0.717) is 12.4 Å². The zero-order valence-corrected chi connectivity index (χ0v) is 16.0. The third kappa shape index (κ3) is 4.13. The van der Waals surface area contributed by atoms with Gasteiger partial charge in [0.25, 0.3) is 0 Å². The quantitative estimate of drug-likeness (QED) is 0.813. The summed E-state index contributed by atoms with van der Waals surface area (Å²) in [6.07, 6.45) is 3.87. The minimum Gasteiger partial charge on any atom is -0.497 e. The molecule has 27 heavy (non-hydrogen) atoms. The van der Waals surface area contributed by atoms with Crippen molar-refractivity contribution in [3.63, 3.8) is 0 Å². The van der Waals surface area contributed by atoms with Crippen molar-refractivity contribution < 1.29 is 14.3 Å². The number of unbranched alkanes of at least 4 members (excludes halogenated alkanes) is 1. The van der Waals surface area contributed by atoms with Gasteiger partial charge in [-0.25, -0.2) is 0 Å². The van der Waals surface area contributed by atoms with Gasteiger partial charge in [-0.15, -0.1) is 0 Å². The van der Waals surface area contributed by atoms with Gasteiger partial charge in [-0.2, -0.15) is 5.10 Å². The molecule has 144 valence electrons. The van der Waals surface area contributed by atoms with Gasteiger partial charge in [-0.05, 0) is 24.1 Å². The highest BCUT2D eigenvalue weighted by atomic mass is 16.5. The van der Waals surface area contributed by atoms with E-state index in [9.17, 15) is 9.59 Å². The van der Waals surface area contributed by atoms with E-state index in [-0.39, 0.29) is 24.3 Å². The van der Waals surface area contributed by atoms with Crippen LogP contribution in [0.2, 0.25) is 0 Å². The molecule has 1 fully saturated rings. The first-order valence-corrected chi connectivity index (χ1v) is 9.27. The second-order valence-corrected chi connectivity index (χ2v) is 6.83. The molecule has 3 rings (SSSR count). The molecule has 0 radical (unpaired) electrons.